The molecule has 1 fully saturated rings. The lowest BCUT2D eigenvalue weighted by atomic mass is 9.82. The number of cyclic esters (lactones) is 1. The first-order valence-corrected chi connectivity index (χ1v) is 16.8. The molecule has 1 saturated heterocycles. The van der Waals surface area contributed by atoms with E-state index in [2.05, 4.69) is 11.9 Å². The van der Waals surface area contributed by atoms with Gasteiger partial charge in [0.1, 0.15) is 12.2 Å². The number of allylic oxidation sites excluding steroid dienone is 3. The first-order valence-electron chi connectivity index (χ1n) is 16.8. The number of nitrogens with one attached hydrogen (secondary N) is 1. The number of para-hydroxylation sites is 1. The highest BCUT2D eigenvalue weighted by atomic mass is 16.6. The predicted molar refractivity (Wildman–Crippen MR) is 185 cm³/mol. The molecule has 0 spiro atoms. The minimum absolute atomic E-state index is 0.158. The van der Waals surface area contributed by atoms with Gasteiger partial charge in [0.15, 0.2) is 0 Å². The number of hydrogen-bond donors (Lipinski definition) is 5. The lowest BCUT2D eigenvalue weighted by molar-refractivity contribution is -0.179. The fourth-order valence-corrected chi connectivity index (χ4v) is 5.98. The Morgan fingerprint density at radius 3 is 2.23 bits per heavy atom. The van der Waals surface area contributed by atoms with Gasteiger partial charge < -0.3 is 29.9 Å². The van der Waals surface area contributed by atoms with E-state index >= 15 is 0 Å². The second-order valence-corrected chi connectivity index (χ2v) is 13.3. The number of rotatable bonds is 17. The van der Waals surface area contributed by atoms with E-state index in [1.807, 2.05) is 71.0 Å². The molecule has 1 aliphatic heterocycles. The lowest BCUT2D eigenvalue weighted by Gasteiger charge is -2.36. The number of carbonyl (C=O) groups excluding carboxylic acids is 2. The van der Waals surface area contributed by atoms with Gasteiger partial charge in [-0.2, -0.15) is 0 Å². The van der Waals surface area contributed by atoms with Crippen LogP contribution in [0.4, 0.5) is 10.5 Å². The van der Waals surface area contributed by atoms with E-state index in [0.29, 0.717) is 12.1 Å². The minimum atomic E-state index is -0.895. The Morgan fingerprint density at radius 1 is 0.957 bits per heavy atom. The fourth-order valence-electron chi connectivity index (χ4n) is 5.98. The van der Waals surface area contributed by atoms with Crippen molar-refractivity contribution < 1.29 is 39.5 Å². The molecule has 0 radical (unpaired) electrons. The summed E-state index contributed by atoms with van der Waals surface area (Å²) in [6.45, 7) is 16.7. The summed E-state index contributed by atoms with van der Waals surface area (Å²) in [5.74, 6) is -2.54. The third-order valence-electron chi connectivity index (χ3n) is 9.38. The van der Waals surface area contributed by atoms with Crippen LogP contribution in [0.3, 0.4) is 0 Å². The maximum absolute atomic E-state index is 12.7. The SMILES string of the molecule is C=C/C=C\[C@H](C)[C@H](OC(=O)Nc1ccccc1)[C@@H](C)[C@H](O)[C@@H](C)C/C=C\[C@H](C)[C@@H](O)[C@@H](C)/C=C\[C@@H](O)C[C@@H]1OC(=O)[C@H](C)[C@@H](O)[C@H]1C. The molecule has 0 saturated carbocycles. The van der Waals surface area contributed by atoms with Gasteiger partial charge in [-0.25, -0.2) is 4.79 Å². The molecular formula is C38H57NO8. The summed E-state index contributed by atoms with van der Waals surface area (Å²) < 4.78 is 11.3. The van der Waals surface area contributed by atoms with E-state index in [1.165, 1.54) is 0 Å². The van der Waals surface area contributed by atoms with Crippen molar-refractivity contribution in [1.29, 1.82) is 0 Å². The molecule has 2 rings (SSSR count). The largest absolute Gasteiger partial charge is 0.462 e. The maximum atomic E-state index is 12.7. The average molecular weight is 656 g/mol. The third-order valence-corrected chi connectivity index (χ3v) is 9.38. The summed E-state index contributed by atoms with van der Waals surface area (Å²) in [4.78, 5) is 24.7. The van der Waals surface area contributed by atoms with Crippen LogP contribution in [0.2, 0.25) is 0 Å². The van der Waals surface area contributed by atoms with Crippen LogP contribution >= 0.6 is 0 Å². The molecule has 1 amide bonds. The molecule has 262 valence electrons. The van der Waals surface area contributed by atoms with Crippen LogP contribution in [-0.2, 0) is 14.3 Å². The minimum Gasteiger partial charge on any atom is -0.462 e. The normalized spacial score (nSPS) is 26.1. The van der Waals surface area contributed by atoms with Gasteiger partial charge in [0, 0.05) is 41.7 Å². The number of esters is 1. The van der Waals surface area contributed by atoms with Gasteiger partial charge >= 0.3 is 12.1 Å². The Bertz CT molecular complexity index is 1200. The van der Waals surface area contributed by atoms with Crippen LogP contribution in [0.15, 0.2) is 79.4 Å². The van der Waals surface area contributed by atoms with Crippen LogP contribution < -0.4 is 5.32 Å². The summed E-state index contributed by atoms with van der Waals surface area (Å²) in [6.07, 6.45) is 8.29. The van der Waals surface area contributed by atoms with Crippen molar-refractivity contribution in [2.75, 3.05) is 5.32 Å². The van der Waals surface area contributed by atoms with E-state index in [0.717, 1.165) is 0 Å². The van der Waals surface area contributed by atoms with Crippen molar-refractivity contribution in [3.63, 3.8) is 0 Å². The molecule has 1 aromatic rings. The van der Waals surface area contributed by atoms with Gasteiger partial charge in [0.05, 0.1) is 30.3 Å². The number of amides is 1. The summed E-state index contributed by atoms with van der Waals surface area (Å²) in [7, 11) is 0. The van der Waals surface area contributed by atoms with Crippen molar-refractivity contribution in [3.05, 3.63) is 79.4 Å². The Morgan fingerprint density at radius 2 is 1.60 bits per heavy atom. The van der Waals surface area contributed by atoms with Gasteiger partial charge in [-0.1, -0.05) is 109 Å². The Balaban J connectivity index is 1.93. The number of carbonyl (C=O) groups is 2. The molecule has 1 heterocycles. The average Bonchev–Trinajstić information content (AvgIpc) is 3.05. The van der Waals surface area contributed by atoms with Gasteiger partial charge in [-0.05, 0) is 31.4 Å². The van der Waals surface area contributed by atoms with Crippen LogP contribution in [0.1, 0.15) is 61.3 Å². The molecule has 47 heavy (non-hydrogen) atoms. The van der Waals surface area contributed by atoms with Crippen molar-refractivity contribution in [1.82, 2.24) is 0 Å². The zero-order chi connectivity index (χ0) is 35.3. The number of hydrogen-bond acceptors (Lipinski definition) is 8. The zero-order valence-corrected chi connectivity index (χ0v) is 29.0. The van der Waals surface area contributed by atoms with E-state index in [4.69, 9.17) is 9.47 Å². The highest BCUT2D eigenvalue weighted by Gasteiger charge is 2.41. The third kappa shape index (κ3) is 12.4. The van der Waals surface area contributed by atoms with Gasteiger partial charge in [-0.3, -0.25) is 10.1 Å². The van der Waals surface area contributed by atoms with Crippen molar-refractivity contribution in [3.8, 4) is 0 Å². The smallest absolute Gasteiger partial charge is 0.411 e. The lowest BCUT2D eigenvalue weighted by Crippen LogP contribution is -2.47. The molecule has 5 N–H and O–H groups in total. The number of anilines is 1. The molecule has 0 unspecified atom stereocenters. The Labute approximate surface area is 281 Å². The fraction of sp³-hybridized carbons (Fsp3) is 0.579. The quantitative estimate of drug-likeness (QED) is 0.0774. The molecule has 0 aliphatic carbocycles. The van der Waals surface area contributed by atoms with Crippen molar-refractivity contribution >= 4 is 17.7 Å². The van der Waals surface area contributed by atoms with E-state index < -0.39 is 54.6 Å². The summed E-state index contributed by atoms with van der Waals surface area (Å²) >= 11 is 0. The number of ether oxygens (including phenoxy) is 2. The second-order valence-electron chi connectivity index (χ2n) is 13.3. The topological polar surface area (TPSA) is 146 Å². The van der Waals surface area contributed by atoms with E-state index in [9.17, 15) is 30.0 Å². The van der Waals surface area contributed by atoms with Crippen molar-refractivity contribution in [2.24, 2.45) is 41.4 Å². The maximum Gasteiger partial charge on any atom is 0.411 e. The molecule has 0 aromatic heterocycles. The van der Waals surface area contributed by atoms with E-state index in [-0.39, 0.29) is 41.9 Å². The predicted octanol–water partition coefficient (Wildman–Crippen LogP) is 6.06. The molecule has 1 aliphatic rings. The number of aliphatic hydroxyl groups excluding tert-OH is 4. The number of aliphatic hydroxyl groups is 4. The highest BCUT2D eigenvalue weighted by Crippen LogP contribution is 2.30. The van der Waals surface area contributed by atoms with Gasteiger partial charge in [-0.15, -0.1) is 0 Å². The first kappa shape index (κ1) is 39.9. The van der Waals surface area contributed by atoms with Crippen LogP contribution in [0.5, 0.6) is 0 Å². The molecule has 13 atom stereocenters. The Kier molecular flexibility index (Phi) is 16.6. The molecule has 9 heteroatoms. The molecule has 0 bridgehead atoms. The van der Waals surface area contributed by atoms with Crippen LogP contribution in [0, 0.1) is 41.4 Å². The molecule has 1 aromatic carbocycles. The van der Waals surface area contributed by atoms with Gasteiger partial charge in [0.25, 0.3) is 0 Å². The standard InChI is InChI=1S/C38H57NO8/c1-9-10-15-26(5)36(47-38(45)39-30-18-12-11-13-19-30)28(7)34(42)24(3)17-14-16-23(2)33(41)25(4)20-21-31(40)22-32-27(6)35(43)29(8)37(44)46-32/h9-16,18-21,23-29,31-36,40-43H,1,17,22H2,2-8H3,(H,39,45)/b15-10-,16-14-,21-20-/t23-,24-,25-,26-,27-,28-,29+,31+,32-,33+,34+,35-,36-/m0/s1. The second kappa shape index (κ2) is 19.5. The summed E-state index contributed by atoms with van der Waals surface area (Å²) in [6, 6.07) is 9.04. The summed E-state index contributed by atoms with van der Waals surface area (Å²) in [5, 5.41) is 45.8. The van der Waals surface area contributed by atoms with Gasteiger partial charge in [0.2, 0.25) is 0 Å². The molecule has 9 nitrogen and oxygen atoms in total. The number of benzene rings is 1. The van der Waals surface area contributed by atoms with Crippen LogP contribution in [0.25, 0.3) is 0 Å². The first-order chi connectivity index (χ1) is 22.2. The zero-order valence-electron chi connectivity index (χ0n) is 29.0. The van der Waals surface area contributed by atoms with Crippen LogP contribution in [-0.4, -0.2) is 69.1 Å². The van der Waals surface area contributed by atoms with Crippen molar-refractivity contribution in [2.45, 2.75) is 97.9 Å². The highest BCUT2D eigenvalue weighted by molar-refractivity contribution is 5.84. The monoisotopic (exact) mass is 655 g/mol. The Hall–Kier alpha value is -3.24. The molecular weight excluding hydrogens is 598 g/mol. The van der Waals surface area contributed by atoms with E-state index in [1.54, 1.807) is 50.3 Å². The summed E-state index contributed by atoms with van der Waals surface area (Å²) in [5.41, 5.74) is 0.617.